The Morgan fingerprint density at radius 1 is 1.22 bits per heavy atom. The average molecular weight is 380 g/mol. The summed E-state index contributed by atoms with van der Waals surface area (Å²) in [6, 6.07) is 13.0. The predicted molar refractivity (Wildman–Crippen MR) is 104 cm³/mol. The zero-order chi connectivity index (χ0) is 18.4. The number of fused-ring (bicyclic) bond motifs is 3. The Hall–Kier alpha value is -2.51. The van der Waals surface area contributed by atoms with Gasteiger partial charge in [0.1, 0.15) is 5.75 Å². The van der Waals surface area contributed by atoms with Crippen LogP contribution >= 0.6 is 11.3 Å². The Balaban J connectivity index is 1.23. The van der Waals surface area contributed by atoms with Crippen LogP contribution in [0, 0.1) is 0 Å². The van der Waals surface area contributed by atoms with Crippen molar-refractivity contribution in [1.29, 1.82) is 0 Å². The molecule has 7 heteroatoms. The Kier molecular flexibility index (Phi) is 4.06. The molecule has 2 aromatic heterocycles. The van der Waals surface area contributed by atoms with E-state index >= 15 is 0 Å². The number of piperazine rings is 1. The van der Waals surface area contributed by atoms with Crippen LogP contribution in [0.3, 0.4) is 0 Å². The molecule has 0 saturated carbocycles. The van der Waals surface area contributed by atoms with E-state index in [4.69, 9.17) is 4.74 Å². The molecule has 0 aliphatic carbocycles. The smallest absolute Gasteiger partial charge is 0.281 e. The molecule has 2 bridgehead atoms. The number of likely N-dealkylation sites (tertiary alicyclic amines) is 2. The van der Waals surface area contributed by atoms with Gasteiger partial charge in [-0.2, -0.15) is 4.98 Å². The van der Waals surface area contributed by atoms with E-state index in [2.05, 4.69) is 27.0 Å². The molecule has 0 unspecified atom stereocenters. The van der Waals surface area contributed by atoms with Gasteiger partial charge in [-0.25, -0.2) is 4.98 Å². The molecule has 6 nitrogen and oxygen atoms in total. The van der Waals surface area contributed by atoms with Crippen LogP contribution in [0.2, 0.25) is 0 Å². The summed E-state index contributed by atoms with van der Waals surface area (Å²) in [7, 11) is 0. The molecular weight excluding hydrogens is 360 g/mol. The molecule has 2 aliphatic heterocycles. The van der Waals surface area contributed by atoms with Crippen molar-refractivity contribution in [3.8, 4) is 10.9 Å². The zero-order valence-electron chi connectivity index (χ0n) is 15.0. The Labute approximate surface area is 161 Å². The summed E-state index contributed by atoms with van der Waals surface area (Å²) in [4.78, 5) is 24.8. The van der Waals surface area contributed by atoms with E-state index in [0.29, 0.717) is 17.3 Å². The van der Waals surface area contributed by atoms with Crippen molar-refractivity contribution in [2.75, 3.05) is 13.1 Å². The number of pyridine rings is 1. The largest absolute Gasteiger partial charge is 0.431 e. The quantitative estimate of drug-likeness (QED) is 0.695. The number of aromatic nitrogens is 2. The summed E-state index contributed by atoms with van der Waals surface area (Å²) in [5.74, 6) is 0.984. The summed E-state index contributed by atoms with van der Waals surface area (Å²) < 4.78 is 6.91. The average Bonchev–Trinajstić information content (AvgIpc) is 3.36. The molecule has 1 amide bonds. The van der Waals surface area contributed by atoms with E-state index < -0.39 is 0 Å². The molecule has 0 radical (unpaired) electrons. The van der Waals surface area contributed by atoms with Gasteiger partial charge in [0.15, 0.2) is 5.65 Å². The van der Waals surface area contributed by atoms with Crippen molar-refractivity contribution in [2.45, 2.75) is 32.0 Å². The van der Waals surface area contributed by atoms with Crippen LogP contribution in [0.4, 0.5) is 0 Å². The standard InChI is InChI=1S/C20H20N4O2S/c1-13(25)24-12-15-9-16(24)11-23(15)10-14-4-6-17(7-5-14)26-20-22-19-18(27-20)3-2-8-21-19/h2-8,15-16H,9-12H2,1H3/t15-,16-/m0/s1. The second-order valence-electron chi connectivity index (χ2n) is 7.20. The molecule has 138 valence electrons. The first kappa shape index (κ1) is 16.6. The molecule has 4 heterocycles. The number of amides is 1. The van der Waals surface area contributed by atoms with Crippen molar-refractivity contribution in [3.05, 3.63) is 48.2 Å². The molecule has 2 fully saturated rings. The highest BCUT2D eigenvalue weighted by atomic mass is 32.1. The summed E-state index contributed by atoms with van der Waals surface area (Å²) in [6.07, 6.45) is 2.84. The molecule has 0 N–H and O–H groups in total. The van der Waals surface area contributed by atoms with Crippen LogP contribution in [0.15, 0.2) is 42.6 Å². The van der Waals surface area contributed by atoms with Crippen LogP contribution < -0.4 is 4.74 Å². The molecule has 27 heavy (non-hydrogen) atoms. The number of carbonyl (C=O) groups is 1. The van der Waals surface area contributed by atoms with Gasteiger partial charge in [0, 0.05) is 44.8 Å². The van der Waals surface area contributed by atoms with Gasteiger partial charge in [0.05, 0.1) is 4.70 Å². The monoisotopic (exact) mass is 380 g/mol. The maximum Gasteiger partial charge on any atom is 0.281 e. The number of hydrogen-bond donors (Lipinski definition) is 0. The third-order valence-corrected chi connectivity index (χ3v) is 6.31. The number of thiazole rings is 1. The normalized spacial score (nSPS) is 21.9. The Morgan fingerprint density at radius 2 is 2.07 bits per heavy atom. The van der Waals surface area contributed by atoms with Gasteiger partial charge < -0.3 is 9.64 Å². The highest BCUT2D eigenvalue weighted by molar-refractivity contribution is 7.20. The summed E-state index contributed by atoms with van der Waals surface area (Å²) in [6.45, 7) is 4.43. The number of ether oxygens (including phenoxy) is 1. The van der Waals surface area contributed by atoms with Gasteiger partial charge in [-0.05, 0) is 36.2 Å². The molecule has 0 spiro atoms. The fraction of sp³-hybridized carbons (Fsp3) is 0.350. The van der Waals surface area contributed by atoms with Crippen LogP contribution in [-0.2, 0) is 11.3 Å². The van der Waals surface area contributed by atoms with E-state index in [1.54, 1.807) is 13.1 Å². The van der Waals surface area contributed by atoms with Crippen LogP contribution in [-0.4, -0.2) is 50.8 Å². The summed E-state index contributed by atoms with van der Waals surface area (Å²) in [5, 5.41) is 0.609. The van der Waals surface area contributed by atoms with Crippen LogP contribution in [0.5, 0.6) is 10.9 Å². The summed E-state index contributed by atoms with van der Waals surface area (Å²) in [5.41, 5.74) is 1.98. The third kappa shape index (κ3) is 3.17. The maximum atomic E-state index is 11.6. The lowest BCUT2D eigenvalue weighted by atomic mass is 10.2. The van der Waals surface area contributed by atoms with Gasteiger partial charge in [-0.15, -0.1) is 0 Å². The lowest BCUT2D eigenvalue weighted by Crippen LogP contribution is -2.47. The van der Waals surface area contributed by atoms with Crippen LogP contribution in [0.25, 0.3) is 10.3 Å². The predicted octanol–water partition coefficient (Wildman–Crippen LogP) is 3.29. The van der Waals surface area contributed by atoms with E-state index in [0.717, 1.165) is 42.2 Å². The molecule has 3 aromatic rings. The highest BCUT2D eigenvalue weighted by Crippen LogP contribution is 2.33. The fourth-order valence-corrected chi connectivity index (χ4v) is 4.91. The maximum absolute atomic E-state index is 11.6. The fourth-order valence-electron chi connectivity index (χ4n) is 4.12. The molecule has 2 atom stereocenters. The van der Waals surface area contributed by atoms with Gasteiger partial charge >= 0.3 is 0 Å². The molecule has 5 rings (SSSR count). The van der Waals surface area contributed by atoms with Crippen molar-refractivity contribution < 1.29 is 9.53 Å². The number of carbonyl (C=O) groups excluding carboxylic acids is 1. The molecule has 1 aromatic carbocycles. The molecular formula is C20H20N4O2S. The second kappa shape index (κ2) is 6.58. The van der Waals surface area contributed by atoms with E-state index in [-0.39, 0.29) is 5.91 Å². The molecule has 2 aliphatic rings. The highest BCUT2D eigenvalue weighted by Gasteiger charge is 2.43. The van der Waals surface area contributed by atoms with E-state index in [1.807, 2.05) is 29.2 Å². The first-order chi connectivity index (χ1) is 13.2. The van der Waals surface area contributed by atoms with Gasteiger partial charge in [-0.1, -0.05) is 23.5 Å². The zero-order valence-corrected chi connectivity index (χ0v) is 15.9. The number of benzene rings is 1. The van der Waals surface area contributed by atoms with E-state index in [9.17, 15) is 4.79 Å². The topological polar surface area (TPSA) is 58.6 Å². The first-order valence-corrected chi connectivity index (χ1v) is 9.97. The Bertz CT molecular complexity index is 954. The SMILES string of the molecule is CC(=O)N1C[C@@H]2C[C@H]1CN2Cc1ccc(Oc2nc3ncccc3s2)cc1. The lowest BCUT2D eigenvalue weighted by Gasteiger charge is -2.33. The van der Waals surface area contributed by atoms with Crippen molar-refractivity contribution >= 4 is 27.6 Å². The van der Waals surface area contributed by atoms with Crippen molar-refractivity contribution in [2.24, 2.45) is 0 Å². The van der Waals surface area contributed by atoms with Crippen LogP contribution in [0.1, 0.15) is 18.9 Å². The third-order valence-electron chi connectivity index (χ3n) is 5.42. The first-order valence-electron chi connectivity index (χ1n) is 9.15. The minimum absolute atomic E-state index is 0.202. The second-order valence-corrected chi connectivity index (χ2v) is 8.19. The Morgan fingerprint density at radius 3 is 2.78 bits per heavy atom. The van der Waals surface area contributed by atoms with Gasteiger partial charge in [0.25, 0.3) is 5.19 Å². The van der Waals surface area contributed by atoms with Crippen molar-refractivity contribution in [1.82, 2.24) is 19.8 Å². The minimum atomic E-state index is 0.202. The van der Waals surface area contributed by atoms with Gasteiger partial charge in [-0.3, -0.25) is 9.69 Å². The van der Waals surface area contributed by atoms with Crippen molar-refractivity contribution in [3.63, 3.8) is 0 Å². The van der Waals surface area contributed by atoms with E-state index in [1.165, 1.54) is 16.9 Å². The number of nitrogens with zero attached hydrogens (tertiary/aromatic N) is 4. The molecule has 2 saturated heterocycles. The lowest BCUT2D eigenvalue weighted by molar-refractivity contribution is -0.131. The van der Waals surface area contributed by atoms with Gasteiger partial charge in [0.2, 0.25) is 5.91 Å². The summed E-state index contributed by atoms with van der Waals surface area (Å²) >= 11 is 1.50. The number of rotatable bonds is 4. The minimum Gasteiger partial charge on any atom is -0.431 e. The number of hydrogen-bond acceptors (Lipinski definition) is 6.